The van der Waals surface area contributed by atoms with E-state index in [0.717, 1.165) is 56.3 Å². The molecule has 0 fully saturated rings. The van der Waals surface area contributed by atoms with Gasteiger partial charge in [0.1, 0.15) is 0 Å². The van der Waals surface area contributed by atoms with Crippen LogP contribution in [0.15, 0.2) is 164 Å². The second-order valence-electron chi connectivity index (χ2n) is 11.6. The van der Waals surface area contributed by atoms with Gasteiger partial charge in [0, 0.05) is 0 Å². The Hall–Kier alpha value is -4.21. The second-order valence-corrected chi connectivity index (χ2v) is 12.9. The summed E-state index contributed by atoms with van der Waals surface area (Å²) < 4.78 is 39.6. The standard InChI is InChI=1S/C21H13.C18H11F3.C5H5.2ClH.Zr/c1-2-8-15-14(7-1)13-20-18-11-4-3-9-16(18)17-10-5-6-12-19(17)21(15)20;19-18(20,21)16-9-3-5-13(12-16)11-15-8-4-7-14-6-1-2-10-17(14)15;1-2-4-5-3-1;;;/h1-10,12H,13H2;1-10,12H;1-5H;2*1H;/q-1;;-1;;;+2/p-2. The van der Waals surface area contributed by atoms with E-state index in [2.05, 4.69) is 66.7 Å². The Morgan fingerprint density at radius 3 is 2.02 bits per heavy atom. The smallest absolute Gasteiger partial charge is 0.0240 e. The van der Waals surface area contributed by atoms with Crippen LogP contribution in [-0.2, 0) is 36.8 Å². The van der Waals surface area contributed by atoms with E-state index in [4.69, 9.17) is 0 Å². The topological polar surface area (TPSA) is 0 Å². The Labute approximate surface area is 317 Å². The summed E-state index contributed by atoms with van der Waals surface area (Å²) in [6.07, 6.45) is -3.29. The summed E-state index contributed by atoms with van der Waals surface area (Å²) in [4.78, 5) is 0. The van der Waals surface area contributed by atoms with Gasteiger partial charge < -0.3 is 24.8 Å². The molecule has 0 heterocycles. The van der Waals surface area contributed by atoms with Crippen LogP contribution in [0.5, 0.6) is 0 Å². The molecule has 0 saturated carbocycles. The van der Waals surface area contributed by atoms with Gasteiger partial charge in [-0.25, -0.2) is 12.1 Å². The Morgan fingerprint density at radius 1 is 0.640 bits per heavy atom. The molecule has 0 bridgehead atoms. The van der Waals surface area contributed by atoms with E-state index in [9.17, 15) is 13.2 Å². The third kappa shape index (κ3) is 7.59. The van der Waals surface area contributed by atoms with Gasteiger partial charge in [-0.2, -0.15) is 18.2 Å². The first-order valence-electron chi connectivity index (χ1n) is 15.7. The SMILES string of the molecule is FC(F)(F)c1cccc([C](=[Zr+2])c2cccc3ccccc23)c1.[Cl-].[Cl-].[c-]1cccc2c1c1c(c3ccccc32)-c2ccccc2C1.c1cc[cH-]c1. The molecule has 0 amide bonds. The largest absolute Gasteiger partial charge is 1.00 e. The van der Waals surface area contributed by atoms with Gasteiger partial charge in [-0.3, -0.25) is 0 Å². The molecule has 8 aromatic rings. The number of benzene rings is 7. The number of halogens is 5. The molecule has 0 unspecified atom stereocenters. The molecule has 8 aromatic carbocycles. The van der Waals surface area contributed by atoms with Crippen molar-refractivity contribution in [2.24, 2.45) is 0 Å². The fraction of sp³-hybridized carbons (Fsp3) is 0.0455. The summed E-state index contributed by atoms with van der Waals surface area (Å²) in [6.45, 7) is 0. The van der Waals surface area contributed by atoms with E-state index in [1.54, 1.807) is 6.07 Å². The van der Waals surface area contributed by atoms with Gasteiger partial charge >= 0.3 is 141 Å². The van der Waals surface area contributed by atoms with Crippen LogP contribution in [0.4, 0.5) is 13.2 Å². The second kappa shape index (κ2) is 16.2. The van der Waals surface area contributed by atoms with Crippen molar-refractivity contribution in [3.8, 4) is 11.1 Å². The summed E-state index contributed by atoms with van der Waals surface area (Å²) >= 11 is 1.09. The Kier molecular flexibility index (Phi) is 12.0. The van der Waals surface area contributed by atoms with Crippen molar-refractivity contribution in [1.29, 1.82) is 0 Å². The van der Waals surface area contributed by atoms with Crippen LogP contribution in [0.2, 0.25) is 0 Å². The first kappa shape index (κ1) is 37.1. The van der Waals surface area contributed by atoms with Crippen LogP contribution in [0.1, 0.15) is 27.8 Å². The van der Waals surface area contributed by atoms with Crippen molar-refractivity contribution < 1.29 is 62.2 Å². The maximum absolute atomic E-state index is 12.9. The molecular weight excluding hydrogens is 748 g/mol. The van der Waals surface area contributed by atoms with Crippen molar-refractivity contribution in [3.63, 3.8) is 0 Å². The Bertz CT molecular complexity index is 2370. The first-order valence-corrected chi connectivity index (χ1v) is 17.0. The number of hydrogen-bond acceptors (Lipinski definition) is 0. The van der Waals surface area contributed by atoms with Crippen LogP contribution in [0.25, 0.3) is 43.4 Å². The Balaban J connectivity index is 0.000000165. The quantitative estimate of drug-likeness (QED) is 0.155. The van der Waals surface area contributed by atoms with Crippen LogP contribution < -0.4 is 24.8 Å². The Morgan fingerprint density at radius 2 is 1.28 bits per heavy atom. The van der Waals surface area contributed by atoms with Crippen molar-refractivity contribution in [3.05, 3.63) is 198 Å². The number of hydrogen-bond donors (Lipinski definition) is 0. The molecule has 50 heavy (non-hydrogen) atoms. The third-order valence-electron chi connectivity index (χ3n) is 8.69. The molecule has 1 aliphatic carbocycles. The van der Waals surface area contributed by atoms with Crippen molar-refractivity contribution in [2.45, 2.75) is 12.6 Å². The van der Waals surface area contributed by atoms with Crippen LogP contribution in [0, 0.1) is 6.07 Å². The third-order valence-corrected chi connectivity index (χ3v) is 10.1. The molecule has 1 aliphatic rings. The zero-order chi connectivity index (χ0) is 33.1. The normalized spacial score (nSPS) is 11.2. The van der Waals surface area contributed by atoms with Gasteiger partial charge in [0.2, 0.25) is 0 Å². The molecule has 0 atom stereocenters. The number of alkyl halides is 3. The molecular formula is C44H29Cl2F3Zr-2. The summed E-state index contributed by atoms with van der Waals surface area (Å²) in [6, 6.07) is 56.7. The molecule has 0 aliphatic heterocycles. The zero-order valence-electron chi connectivity index (χ0n) is 26.7. The van der Waals surface area contributed by atoms with Gasteiger partial charge in [-0.15, -0.1) is 40.6 Å². The minimum atomic E-state index is -4.31. The van der Waals surface area contributed by atoms with E-state index in [1.165, 1.54) is 55.9 Å². The monoisotopic (exact) mass is 774 g/mol. The molecule has 6 heteroatoms. The summed E-state index contributed by atoms with van der Waals surface area (Å²) in [5, 5.41) is 7.45. The van der Waals surface area contributed by atoms with Gasteiger partial charge in [0.25, 0.3) is 0 Å². The van der Waals surface area contributed by atoms with Crippen LogP contribution in [0.3, 0.4) is 0 Å². The van der Waals surface area contributed by atoms with Crippen LogP contribution in [-0.4, -0.2) is 3.21 Å². The van der Waals surface area contributed by atoms with E-state index < -0.39 is 11.7 Å². The number of fused-ring (bicyclic) bond motifs is 9. The molecule has 0 saturated heterocycles. The van der Waals surface area contributed by atoms with Crippen molar-refractivity contribution in [2.75, 3.05) is 0 Å². The molecule has 0 spiro atoms. The molecule has 0 N–H and O–H groups in total. The predicted molar refractivity (Wildman–Crippen MR) is 189 cm³/mol. The van der Waals surface area contributed by atoms with Gasteiger partial charge in [0.15, 0.2) is 0 Å². The van der Waals surface area contributed by atoms with Gasteiger partial charge in [0.05, 0.1) is 0 Å². The van der Waals surface area contributed by atoms with Crippen LogP contribution >= 0.6 is 0 Å². The van der Waals surface area contributed by atoms with E-state index in [-0.39, 0.29) is 24.8 Å². The summed E-state index contributed by atoms with van der Waals surface area (Å²) in [5.41, 5.74) is 6.69. The average molecular weight is 777 g/mol. The van der Waals surface area contributed by atoms with Gasteiger partial charge in [-0.1, -0.05) is 53.9 Å². The molecule has 246 valence electrons. The summed E-state index contributed by atoms with van der Waals surface area (Å²) in [5.74, 6) is 0. The van der Waals surface area contributed by atoms with E-state index in [1.807, 2.05) is 78.9 Å². The predicted octanol–water partition coefficient (Wildman–Crippen LogP) is 5.75. The number of rotatable bonds is 2. The maximum Gasteiger partial charge on any atom is -0.0240 e. The van der Waals surface area contributed by atoms with E-state index >= 15 is 0 Å². The van der Waals surface area contributed by atoms with E-state index in [0.29, 0.717) is 5.56 Å². The van der Waals surface area contributed by atoms with Crippen molar-refractivity contribution >= 4 is 35.5 Å². The minimum Gasteiger partial charge on any atom is -1.00 e. The molecule has 0 radical (unpaired) electrons. The maximum atomic E-state index is 12.9. The average Bonchev–Trinajstić information content (AvgIpc) is 3.84. The van der Waals surface area contributed by atoms with Crippen molar-refractivity contribution in [1.82, 2.24) is 0 Å². The molecule has 0 nitrogen and oxygen atoms in total. The first-order chi connectivity index (χ1) is 23.4. The fourth-order valence-electron chi connectivity index (χ4n) is 6.50. The fourth-order valence-corrected chi connectivity index (χ4v) is 7.42. The summed E-state index contributed by atoms with van der Waals surface area (Å²) in [7, 11) is 0. The molecule has 0 aromatic heterocycles. The zero-order valence-corrected chi connectivity index (χ0v) is 30.7. The minimum absolute atomic E-state index is 0. The molecule has 9 rings (SSSR count). The van der Waals surface area contributed by atoms with Gasteiger partial charge in [-0.05, 0) is 28.5 Å².